The number of rotatable bonds is 3. The second-order valence-corrected chi connectivity index (χ2v) is 5.59. The Bertz CT molecular complexity index is 839. The minimum Gasteiger partial charge on any atom is -0.478 e. The van der Waals surface area contributed by atoms with Crippen LogP contribution in [0.15, 0.2) is 48.0 Å². The SMILES string of the molecule is CC1=Cc2ccccc2C1OC(=O)c1cccc(C(=O)O)c1C.[Hf]. The van der Waals surface area contributed by atoms with Crippen molar-refractivity contribution >= 4 is 18.0 Å². The van der Waals surface area contributed by atoms with E-state index in [4.69, 9.17) is 9.84 Å². The van der Waals surface area contributed by atoms with Gasteiger partial charge >= 0.3 is 11.9 Å². The Morgan fingerprint density at radius 2 is 1.67 bits per heavy atom. The van der Waals surface area contributed by atoms with Crippen molar-refractivity contribution in [2.24, 2.45) is 0 Å². The Balaban J connectivity index is 0.00000208. The van der Waals surface area contributed by atoms with Gasteiger partial charge in [0.15, 0.2) is 0 Å². The molecule has 0 bridgehead atoms. The fourth-order valence-electron chi connectivity index (χ4n) is 2.86. The van der Waals surface area contributed by atoms with Gasteiger partial charge in [-0.25, -0.2) is 9.59 Å². The van der Waals surface area contributed by atoms with E-state index < -0.39 is 18.0 Å². The van der Waals surface area contributed by atoms with Gasteiger partial charge in [-0.05, 0) is 42.7 Å². The summed E-state index contributed by atoms with van der Waals surface area (Å²) in [5.74, 6) is -1.57. The second-order valence-electron chi connectivity index (χ2n) is 5.59. The molecule has 0 aliphatic heterocycles. The van der Waals surface area contributed by atoms with Crippen molar-refractivity contribution in [1.29, 1.82) is 0 Å². The maximum absolute atomic E-state index is 12.5. The van der Waals surface area contributed by atoms with Crippen molar-refractivity contribution in [3.63, 3.8) is 0 Å². The van der Waals surface area contributed by atoms with Gasteiger partial charge in [0.1, 0.15) is 6.10 Å². The average Bonchev–Trinajstić information content (AvgIpc) is 2.83. The van der Waals surface area contributed by atoms with E-state index in [-0.39, 0.29) is 37.0 Å². The van der Waals surface area contributed by atoms with Crippen LogP contribution in [0.4, 0.5) is 0 Å². The van der Waals surface area contributed by atoms with Gasteiger partial charge in [-0.1, -0.05) is 36.4 Å². The predicted molar refractivity (Wildman–Crippen MR) is 86.4 cm³/mol. The Labute approximate surface area is 158 Å². The Morgan fingerprint density at radius 3 is 2.38 bits per heavy atom. The molecule has 2 aromatic rings. The van der Waals surface area contributed by atoms with Crippen LogP contribution in [0.25, 0.3) is 6.08 Å². The molecule has 24 heavy (non-hydrogen) atoms. The van der Waals surface area contributed by atoms with E-state index in [1.807, 2.05) is 37.3 Å². The molecule has 0 heterocycles. The minimum absolute atomic E-state index is 0. The van der Waals surface area contributed by atoms with Crippen molar-refractivity contribution in [1.82, 2.24) is 0 Å². The zero-order valence-corrected chi connectivity index (χ0v) is 17.0. The van der Waals surface area contributed by atoms with Crippen LogP contribution in [0.2, 0.25) is 0 Å². The summed E-state index contributed by atoms with van der Waals surface area (Å²) in [4.78, 5) is 23.7. The van der Waals surface area contributed by atoms with Gasteiger partial charge in [-0.3, -0.25) is 0 Å². The quantitative estimate of drug-likeness (QED) is 0.526. The van der Waals surface area contributed by atoms with E-state index in [9.17, 15) is 9.59 Å². The molecule has 2 aromatic carbocycles. The standard InChI is InChI=1S/C19H16O4.Hf/c1-11-10-13-6-3-4-7-16(13)17(11)23-19(22)15-9-5-8-14(12(15)2)18(20)21;/h3-10,17H,1-2H3,(H,20,21);. The van der Waals surface area contributed by atoms with Crippen LogP contribution in [0.1, 0.15) is 50.4 Å². The summed E-state index contributed by atoms with van der Waals surface area (Å²) in [5, 5.41) is 9.17. The Kier molecular flexibility index (Phi) is 5.55. The van der Waals surface area contributed by atoms with Crippen LogP contribution in [0.3, 0.4) is 0 Å². The van der Waals surface area contributed by atoms with Gasteiger partial charge < -0.3 is 9.84 Å². The van der Waals surface area contributed by atoms with Crippen LogP contribution >= 0.6 is 0 Å². The maximum Gasteiger partial charge on any atom is 0.339 e. The van der Waals surface area contributed by atoms with Gasteiger partial charge in [0.25, 0.3) is 0 Å². The average molecular weight is 487 g/mol. The number of carbonyl (C=O) groups is 2. The summed E-state index contributed by atoms with van der Waals surface area (Å²) in [6, 6.07) is 12.4. The number of carbonyl (C=O) groups excluding carboxylic acids is 1. The van der Waals surface area contributed by atoms with Crippen molar-refractivity contribution in [3.05, 3.63) is 75.9 Å². The number of hydrogen-bond acceptors (Lipinski definition) is 3. The van der Waals surface area contributed by atoms with E-state index in [2.05, 4.69) is 0 Å². The first-order chi connectivity index (χ1) is 11.0. The fourth-order valence-corrected chi connectivity index (χ4v) is 2.86. The van der Waals surface area contributed by atoms with Crippen LogP contribution < -0.4 is 0 Å². The summed E-state index contributed by atoms with van der Waals surface area (Å²) in [6.45, 7) is 3.53. The van der Waals surface area contributed by atoms with Crippen molar-refractivity contribution in [3.8, 4) is 0 Å². The molecular formula is C19H16HfO4. The molecule has 0 spiro atoms. The number of carboxylic acid groups (broad SMARTS) is 1. The maximum atomic E-state index is 12.5. The number of hydrogen-bond donors (Lipinski definition) is 1. The number of benzene rings is 2. The molecule has 0 fully saturated rings. The van der Waals surface area contributed by atoms with Crippen molar-refractivity contribution in [2.45, 2.75) is 20.0 Å². The molecule has 0 radical (unpaired) electrons. The largest absolute Gasteiger partial charge is 0.478 e. The summed E-state index contributed by atoms with van der Waals surface area (Å²) in [7, 11) is 0. The number of ether oxygens (including phenoxy) is 1. The Hall–Kier alpha value is -2.01. The monoisotopic (exact) mass is 488 g/mol. The molecule has 1 aliphatic rings. The van der Waals surface area contributed by atoms with E-state index in [1.165, 1.54) is 6.07 Å². The third-order valence-corrected chi connectivity index (χ3v) is 4.08. The predicted octanol–water partition coefficient (Wildman–Crippen LogP) is 4.01. The second kappa shape index (κ2) is 7.26. The van der Waals surface area contributed by atoms with Crippen LogP contribution in [0, 0.1) is 6.92 Å². The molecule has 5 heteroatoms. The first-order valence-electron chi connectivity index (χ1n) is 7.30. The normalized spacial score (nSPS) is 15.1. The molecule has 0 aromatic heterocycles. The molecule has 3 rings (SSSR count). The topological polar surface area (TPSA) is 63.6 Å². The van der Waals surface area contributed by atoms with Crippen LogP contribution in [-0.4, -0.2) is 17.0 Å². The fraction of sp³-hybridized carbons (Fsp3) is 0.158. The van der Waals surface area contributed by atoms with E-state index >= 15 is 0 Å². The van der Waals surface area contributed by atoms with Crippen LogP contribution in [-0.2, 0) is 30.6 Å². The van der Waals surface area contributed by atoms with Gasteiger partial charge in [0.05, 0.1) is 11.1 Å². The van der Waals surface area contributed by atoms with E-state index in [0.717, 1.165) is 16.7 Å². The summed E-state index contributed by atoms with van der Waals surface area (Å²) in [5.41, 5.74) is 3.74. The Morgan fingerprint density at radius 1 is 1.00 bits per heavy atom. The first-order valence-corrected chi connectivity index (χ1v) is 7.30. The van der Waals surface area contributed by atoms with Gasteiger partial charge in [0.2, 0.25) is 0 Å². The number of fused-ring (bicyclic) bond motifs is 1. The third kappa shape index (κ3) is 3.26. The van der Waals surface area contributed by atoms with E-state index in [0.29, 0.717) is 5.56 Å². The molecule has 1 N–H and O–H groups in total. The molecule has 4 nitrogen and oxygen atoms in total. The number of esters is 1. The zero-order chi connectivity index (χ0) is 16.6. The molecule has 0 saturated carbocycles. The molecular weight excluding hydrogens is 471 g/mol. The summed E-state index contributed by atoms with van der Waals surface area (Å²) < 4.78 is 5.65. The number of aromatic carboxylic acids is 1. The van der Waals surface area contributed by atoms with Gasteiger partial charge in [-0.15, -0.1) is 0 Å². The van der Waals surface area contributed by atoms with Crippen molar-refractivity contribution in [2.75, 3.05) is 0 Å². The van der Waals surface area contributed by atoms with E-state index in [1.54, 1.807) is 19.1 Å². The van der Waals surface area contributed by atoms with Crippen LogP contribution in [0.5, 0.6) is 0 Å². The molecule has 0 saturated heterocycles. The molecule has 1 atom stereocenters. The minimum atomic E-state index is -1.06. The summed E-state index contributed by atoms with van der Waals surface area (Å²) >= 11 is 0. The van der Waals surface area contributed by atoms with Gasteiger partial charge in [-0.2, -0.15) is 0 Å². The van der Waals surface area contributed by atoms with Gasteiger partial charge in [0, 0.05) is 31.4 Å². The zero-order valence-electron chi connectivity index (χ0n) is 13.4. The summed E-state index contributed by atoms with van der Waals surface area (Å²) in [6.07, 6.45) is 1.57. The first kappa shape index (κ1) is 18.3. The van der Waals surface area contributed by atoms with Crippen molar-refractivity contribution < 1.29 is 45.3 Å². The number of carboxylic acids is 1. The third-order valence-electron chi connectivity index (χ3n) is 4.08. The smallest absolute Gasteiger partial charge is 0.339 e. The molecule has 0 amide bonds. The molecule has 1 aliphatic carbocycles. The molecule has 120 valence electrons. The molecule has 1 unspecified atom stereocenters.